The third kappa shape index (κ3) is 5.02. The van der Waals surface area contributed by atoms with Gasteiger partial charge in [0.05, 0.1) is 19.2 Å². The van der Waals surface area contributed by atoms with Crippen molar-refractivity contribution in [3.63, 3.8) is 0 Å². The fourth-order valence-electron chi connectivity index (χ4n) is 2.38. The number of fused-ring (bicyclic) bond motifs is 1. The molecule has 5 heteroatoms. The van der Waals surface area contributed by atoms with Gasteiger partial charge >= 0.3 is 0 Å². The molecule has 1 aliphatic heterocycles. The lowest BCUT2D eigenvalue weighted by Gasteiger charge is -2.18. The minimum atomic E-state index is -0.332. The number of likely N-dealkylation sites (N-methyl/N-ethyl adjacent to an activating group) is 1. The zero-order chi connectivity index (χ0) is 15.2. The number of rotatable bonds is 7. The normalized spacial score (nSPS) is 18.2. The summed E-state index contributed by atoms with van der Waals surface area (Å²) in [5, 5.41) is 12.1. The van der Waals surface area contributed by atoms with Crippen molar-refractivity contribution >= 4 is 5.91 Å². The van der Waals surface area contributed by atoms with Crippen LogP contribution in [0.1, 0.15) is 18.9 Å². The molecule has 1 amide bonds. The van der Waals surface area contributed by atoms with Gasteiger partial charge < -0.3 is 15.2 Å². The maximum Gasteiger partial charge on any atom is 0.234 e. The Balaban J connectivity index is 1.66. The standard InChI is InChI=1S/C16H24N2O3/c1-12(19)7-8-18(2)11-16(20)17-10-14-9-13-5-3-4-6-15(13)21-14/h3-6,12,14,19H,7-11H2,1-2H3,(H,17,20). The van der Waals surface area contributed by atoms with Crippen LogP contribution < -0.4 is 10.1 Å². The Morgan fingerprint density at radius 2 is 2.29 bits per heavy atom. The summed E-state index contributed by atoms with van der Waals surface area (Å²) in [6, 6.07) is 7.97. The van der Waals surface area contributed by atoms with Crippen molar-refractivity contribution in [3.8, 4) is 5.75 Å². The van der Waals surface area contributed by atoms with E-state index in [1.54, 1.807) is 6.92 Å². The molecule has 2 unspecified atom stereocenters. The van der Waals surface area contributed by atoms with Crippen molar-refractivity contribution in [1.82, 2.24) is 10.2 Å². The quantitative estimate of drug-likeness (QED) is 0.781. The number of para-hydroxylation sites is 1. The second kappa shape index (κ2) is 7.43. The van der Waals surface area contributed by atoms with Gasteiger partial charge in [0.2, 0.25) is 5.91 Å². The van der Waals surface area contributed by atoms with Crippen LogP contribution >= 0.6 is 0 Å². The van der Waals surface area contributed by atoms with E-state index < -0.39 is 0 Å². The van der Waals surface area contributed by atoms with Gasteiger partial charge in [-0.3, -0.25) is 9.69 Å². The van der Waals surface area contributed by atoms with Crippen LogP contribution in [0.2, 0.25) is 0 Å². The van der Waals surface area contributed by atoms with Crippen LogP contribution in [0.15, 0.2) is 24.3 Å². The number of nitrogens with zero attached hydrogens (tertiary/aromatic N) is 1. The highest BCUT2D eigenvalue weighted by atomic mass is 16.5. The highest BCUT2D eigenvalue weighted by Crippen LogP contribution is 2.27. The molecule has 0 aromatic heterocycles. The van der Waals surface area contributed by atoms with E-state index in [1.165, 1.54) is 5.56 Å². The summed E-state index contributed by atoms with van der Waals surface area (Å²) in [6.07, 6.45) is 1.20. The summed E-state index contributed by atoms with van der Waals surface area (Å²) in [4.78, 5) is 13.8. The number of ether oxygens (including phenoxy) is 1. The van der Waals surface area contributed by atoms with E-state index >= 15 is 0 Å². The topological polar surface area (TPSA) is 61.8 Å². The van der Waals surface area contributed by atoms with Crippen LogP contribution in [0.4, 0.5) is 0 Å². The van der Waals surface area contributed by atoms with Crippen LogP contribution in [-0.4, -0.2) is 54.8 Å². The van der Waals surface area contributed by atoms with E-state index in [2.05, 4.69) is 11.4 Å². The van der Waals surface area contributed by atoms with E-state index in [4.69, 9.17) is 4.74 Å². The van der Waals surface area contributed by atoms with Gasteiger partial charge in [-0.15, -0.1) is 0 Å². The number of carbonyl (C=O) groups excluding carboxylic acids is 1. The first kappa shape index (κ1) is 15.8. The maximum atomic E-state index is 11.9. The number of hydrogen-bond donors (Lipinski definition) is 2. The van der Waals surface area contributed by atoms with Crippen molar-refractivity contribution in [3.05, 3.63) is 29.8 Å². The molecule has 1 aliphatic rings. The lowest BCUT2D eigenvalue weighted by Crippen LogP contribution is -2.40. The minimum Gasteiger partial charge on any atom is -0.488 e. The molecule has 2 rings (SSSR count). The molecule has 1 heterocycles. The van der Waals surface area contributed by atoms with Crippen LogP contribution in [-0.2, 0) is 11.2 Å². The van der Waals surface area contributed by atoms with Gasteiger partial charge in [0.1, 0.15) is 11.9 Å². The van der Waals surface area contributed by atoms with E-state index in [0.717, 1.165) is 12.2 Å². The molecule has 0 fully saturated rings. The molecule has 2 atom stereocenters. The molecule has 0 radical (unpaired) electrons. The predicted molar refractivity (Wildman–Crippen MR) is 81.4 cm³/mol. The monoisotopic (exact) mass is 292 g/mol. The number of amides is 1. The summed E-state index contributed by atoms with van der Waals surface area (Å²) in [5.74, 6) is 0.911. The number of aliphatic hydroxyl groups excluding tert-OH is 1. The Labute approximate surface area is 125 Å². The summed E-state index contributed by atoms with van der Waals surface area (Å²) in [6.45, 7) is 3.32. The van der Waals surface area contributed by atoms with Crippen LogP contribution in [0.5, 0.6) is 5.75 Å². The van der Waals surface area contributed by atoms with Gasteiger partial charge in [0, 0.05) is 13.0 Å². The lowest BCUT2D eigenvalue weighted by molar-refractivity contribution is -0.122. The number of aliphatic hydroxyl groups is 1. The molecule has 1 aromatic rings. The van der Waals surface area contributed by atoms with Crippen molar-refractivity contribution in [2.24, 2.45) is 0 Å². The van der Waals surface area contributed by atoms with Crippen molar-refractivity contribution in [1.29, 1.82) is 0 Å². The maximum absolute atomic E-state index is 11.9. The first-order valence-electron chi connectivity index (χ1n) is 7.42. The van der Waals surface area contributed by atoms with Crippen LogP contribution in [0.25, 0.3) is 0 Å². The van der Waals surface area contributed by atoms with Crippen LogP contribution in [0, 0.1) is 0 Å². The summed E-state index contributed by atoms with van der Waals surface area (Å²) >= 11 is 0. The minimum absolute atomic E-state index is 0.0114. The SMILES string of the molecule is CC(O)CCN(C)CC(=O)NCC1Cc2ccccc2O1. The zero-order valence-electron chi connectivity index (χ0n) is 12.7. The average molecular weight is 292 g/mol. The fourth-order valence-corrected chi connectivity index (χ4v) is 2.38. The molecule has 0 bridgehead atoms. The molecular formula is C16H24N2O3. The summed E-state index contributed by atoms with van der Waals surface area (Å²) in [5.41, 5.74) is 1.20. The molecule has 0 saturated heterocycles. The van der Waals surface area contributed by atoms with E-state index in [1.807, 2.05) is 30.1 Å². The van der Waals surface area contributed by atoms with E-state index in [9.17, 15) is 9.90 Å². The third-order valence-corrected chi connectivity index (χ3v) is 3.58. The van der Waals surface area contributed by atoms with Crippen LogP contribution in [0.3, 0.4) is 0 Å². The molecular weight excluding hydrogens is 268 g/mol. The average Bonchev–Trinajstić information content (AvgIpc) is 2.86. The van der Waals surface area contributed by atoms with Crippen molar-refractivity contribution in [2.45, 2.75) is 32.0 Å². The smallest absolute Gasteiger partial charge is 0.234 e. The van der Waals surface area contributed by atoms with E-state index in [0.29, 0.717) is 26.1 Å². The highest BCUT2D eigenvalue weighted by Gasteiger charge is 2.22. The summed E-state index contributed by atoms with van der Waals surface area (Å²) in [7, 11) is 1.88. The molecule has 21 heavy (non-hydrogen) atoms. The van der Waals surface area contributed by atoms with E-state index in [-0.39, 0.29) is 18.1 Å². The summed E-state index contributed by atoms with van der Waals surface area (Å²) < 4.78 is 5.78. The Morgan fingerprint density at radius 3 is 3.00 bits per heavy atom. The van der Waals surface area contributed by atoms with Gasteiger partial charge in [-0.2, -0.15) is 0 Å². The molecule has 1 aromatic carbocycles. The second-order valence-corrected chi connectivity index (χ2v) is 5.73. The first-order valence-corrected chi connectivity index (χ1v) is 7.42. The first-order chi connectivity index (χ1) is 10.0. The highest BCUT2D eigenvalue weighted by molar-refractivity contribution is 5.78. The number of nitrogens with one attached hydrogen (secondary N) is 1. The van der Waals surface area contributed by atoms with Gasteiger partial charge in [0.25, 0.3) is 0 Å². The zero-order valence-corrected chi connectivity index (χ0v) is 12.7. The number of carbonyl (C=O) groups is 1. The molecule has 0 spiro atoms. The van der Waals surface area contributed by atoms with Gasteiger partial charge in [-0.25, -0.2) is 0 Å². The Bertz CT molecular complexity index is 451. The molecule has 5 nitrogen and oxygen atoms in total. The Kier molecular flexibility index (Phi) is 5.59. The van der Waals surface area contributed by atoms with Crippen molar-refractivity contribution in [2.75, 3.05) is 26.7 Å². The van der Waals surface area contributed by atoms with Crippen molar-refractivity contribution < 1.29 is 14.6 Å². The predicted octanol–water partition coefficient (Wildman–Crippen LogP) is 0.809. The second-order valence-electron chi connectivity index (χ2n) is 5.73. The van der Waals surface area contributed by atoms with Gasteiger partial charge in [-0.05, 0) is 32.0 Å². The number of hydrogen-bond acceptors (Lipinski definition) is 4. The third-order valence-electron chi connectivity index (χ3n) is 3.58. The lowest BCUT2D eigenvalue weighted by atomic mass is 10.1. The van der Waals surface area contributed by atoms with Gasteiger partial charge in [0.15, 0.2) is 0 Å². The Hall–Kier alpha value is -1.59. The Morgan fingerprint density at radius 1 is 1.52 bits per heavy atom. The molecule has 116 valence electrons. The molecule has 2 N–H and O–H groups in total. The molecule has 0 saturated carbocycles. The fraction of sp³-hybridized carbons (Fsp3) is 0.562. The largest absolute Gasteiger partial charge is 0.488 e. The van der Waals surface area contributed by atoms with Gasteiger partial charge in [-0.1, -0.05) is 18.2 Å². The number of benzene rings is 1. The molecule has 0 aliphatic carbocycles.